The summed E-state index contributed by atoms with van der Waals surface area (Å²) in [4.78, 5) is 37.4. The van der Waals surface area contributed by atoms with Crippen LogP contribution in [0, 0.1) is 12.8 Å². The molecule has 1 N–H and O–H groups in total. The summed E-state index contributed by atoms with van der Waals surface area (Å²) in [6.45, 7) is 3.97. The summed E-state index contributed by atoms with van der Waals surface area (Å²) in [6.07, 6.45) is 3.04. The van der Waals surface area contributed by atoms with E-state index in [9.17, 15) is 9.59 Å². The minimum Gasteiger partial charge on any atom is -0.469 e. The number of fused-ring (bicyclic) bond motifs is 2. The van der Waals surface area contributed by atoms with Gasteiger partial charge in [0.1, 0.15) is 23.9 Å². The first kappa shape index (κ1) is 15.4. The van der Waals surface area contributed by atoms with Crippen molar-refractivity contribution < 1.29 is 14.3 Å². The highest BCUT2D eigenvalue weighted by molar-refractivity contribution is 6.25. The molecule has 0 radical (unpaired) electrons. The van der Waals surface area contributed by atoms with Gasteiger partial charge in [-0.3, -0.25) is 14.6 Å². The lowest BCUT2D eigenvalue weighted by Gasteiger charge is -2.23. The van der Waals surface area contributed by atoms with E-state index in [2.05, 4.69) is 25.4 Å². The van der Waals surface area contributed by atoms with Gasteiger partial charge in [-0.25, -0.2) is 15.0 Å². The van der Waals surface area contributed by atoms with Gasteiger partial charge in [0.2, 0.25) is 5.91 Å². The van der Waals surface area contributed by atoms with E-state index in [-0.39, 0.29) is 11.9 Å². The second-order valence-corrected chi connectivity index (χ2v) is 6.08. The predicted molar refractivity (Wildman–Crippen MR) is 89.0 cm³/mol. The number of ether oxygens (including phenoxy) is 1. The van der Waals surface area contributed by atoms with Crippen LogP contribution < -0.4 is 5.32 Å². The number of rotatable bonds is 2. The maximum atomic E-state index is 12.6. The molecule has 9 heteroatoms. The number of hydrogen-bond donors (Lipinski definition) is 1. The normalized spacial score (nSPS) is 24.0. The van der Waals surface area contributed by atoms with E-state index in [1.165, 1.54) is 13.4 Å². The number of aryl methyl sites for hydroxylation is 1. The first-order chi connectivity index (χ1) is 12.0. The van der Waals surface area contributed by atoms with Crippen LogP contribution >= 0.6 is 0 Å². The Morgan fingerprint density at radius 2 is 2.20 bits per heavy atom. The minimum atomic E-state index is -0.633. The smallest absolute Gasteiger partial charge is 0.314 e. The van der Waals surface area contributed by atoms with Crippen LogP contribution in [0.3, 0.4) is 0 Å². The zero-order valence-electron chi connectivity index (χ0n) is 14.0. The molecular formula is C16H16N6O3. The first-order valence-corrected chi connectivity index (χ1v) is 7.82. The number of methoxy groups -OCH3 is 1. The summed E-state index contributed by atoms with van der Waals surface area (Å²) in [6, 6.07) is 0. The van der Waals surface area contributed by atoms with Crippen molar-refractivity contribution in [2.45, 2.75) is 19.8 Å². The van der Waals surface area contributed by atoms with Crippen LogP contribution in [0.5, 0.6) is 0 Å². The number of hydrazone groups is 1. The molecule has 0 bridgehead atoms. The quantitative estimate of drug-likeness (QED) is 0.790. The fourth-order valence-electron chi connectivity index (χ4n) is 3.42. The maximum Gasteiger partial charge on any atom is 0.314 e. The molecule has 1 aromatic heterocycles. The molecule has 0 saturated heterocycles. The van der Waals surface area contributed by atoms with Gasteiger partial charge in [-0.05, 0) is 19.4 Å². The van der Waals surface area contributed by atoms with Gasteiger partial charge in [0, 0.05) is 11.8 Å². The molecule has 4 heterocycles. The standard InChI is InChI=1S/C16H16N6O3/c1-7-10(16(24)25-3)5-22-13(7)12(18-6-19-22)11-9-4-17-8(2)20-14(9)21-15(11)23/h4,6,10-11H,5H2,1-3H3,(H,17,20,21,23). The molecule has 3 aliphatic heterocycles. The largest absolute Gasteiger partial charge is 0.469 e. The molecule has 2 atom stereocenters. The van der Waals surface area contributed by atoms with E-state index in [0.29, 0.717) is 35.2 Å². The Bertz CT molecular complexity index is 888. The van der Waals surface area contributed by atoms with Gasteiger partial charge in [0.05, 0.1) is 31.0 Å². The van der Waals surface area contributed by atoms with Crippen molar-refractivity contribution in [3.63, 3.8) is 0 Å². The second-order valence-electron chi connectivity index (χ2n) is 6.08. The molecule has 0 fully saturated rings. The summed E-state index contributed by atoms with van der Waals surface area (Å²) in [5.41, 5.74) is 2.69. The van der Waals surface area contributed by atoms with E-state index in [0.717, 1.165) is 5.57 Å². The van der Waals surface area contributed by atoms with E-state index in [1.807, 2.05) is 6.92 Å². The van der Waals surface area contributed by atoms with E-state index < -0.39 is 11.8 Å². The molecule has 3 aliphatic rings. The Morgan fingerprint density at radius 3 is 2.96 bits per heavy atom. The van der Waals surface area contributed by atoms with Gasteiger partial charge in [0.15, 0.2) is 0 Å². The Balaban J connectivity index is 1.80. The number of hydrogen-bond acceptors (Lipinski definition) is 8. The predicted octanol–water partition coefficient (Wildman–Crippen LogP) is 0.597. The molecule has 1 aromatic rings. The number of aromatic nitrogens is 2. The molecular weight excluding hydrogens is 324 g/mol. The number of carbonyl (C=O) groups is 2. The van der Waals surface area contributed by atoms with Crippen LogP contribution in [0.15, 0.2) is 27.6 Å². The zero-order valence-corrected chi connectivity index (χ0v) is 14.0. The van der Waals surface area contributed by atoms with Gasteiger partial charge >= 0.3 is 5.97 Å². The van der Waals surface area contributed by atoms with Gasteiger partial charge < -0.3 is 10.1 Å². The van der Waals surface area contributed by atoms with Crippen LogP contribution in [-0.2, 0) is 14.3 Å². The molecule has 1 amide bonds. The number of allylic oxidation sites excluding steroid dienone is 1. The number of anilines is 1. The topological polar surface area (TPSA) is 109 Å². The van der Waals surface area contributed by atoms with Gasteiger partial charge in [-0.2, -0.15) is 5.10 Å². The maximum absolute atomic E-state index is 12.6. The fraction of sp³-hybridized carbons (Fsp3) is 0.375. The lowest BCUT2D eigenvalue weighted by Crippen LogP contribution is -2.31. The van der Waals surface area contributed by atoms with E-state index in [1.54, 1.807) is 18.1 Å². The van der Waals surface area contributed by atoms with Crippen molar-refractivity contribution in [2.24, 2.45) is 16.0 Å². The highest BCUT2D eigenvalue weighted by Gasteiger charge is 2.44. The molecule has 0 aliphatic carbocycles. The third-order valence-corrected chi connectivity index (χ3v) is 4.65. The third-order valence-electron chi connectivity index (χ3n) is 4.65. The van der Waals surface area contributed by atoms with Crippen molar-refractivity contribution in [3.05, 3.63) is 28.9 Å². The zero-order chi connectivity index (χ0) is 17.7. The molecule has 9 nitrogen and oxygen atoms in total. The third kappa shape index (κ3) is 2.23. The summed E-state index contributed by atoms with van der Waals surface area (Å²) in [5.74, 6) is -0.532. The van der Waals surface area contributed by atoms with Crippen LogP contribution in [0.25, 0.3) is 0 Å². The summed E-state index contributed by atoms with van der Waals surface area (Å²) >= 11 is 0. The number of nitrogens with zero attached hydrogens (tertiary/aromatic N) is 5. The average molecular weight is 340 g/mol. The number of amides is 1. The lowest BCUT2D eigenvalue weighted by molar-refractivity contribution is -0.144. The van der Waals surface area contributed by atoms with Crippen molar-refractivity contribution in [1.82, 2.24) is 15.0 Å². The molecule has 2 unspecified atom stereocenters. The van der Waals surface area contributed by atoms with Gasteiger partial charge in [0.25, 0.3) is 0 Å². The summed E-state index contributed by atoms with van der Waals surface area (Å²) in [5, 5.41) is 8.69. The number of carbonyl (C=O) groups excluding carboxylic acids is 2. The molecule has 0 spiro atoms. The highest BCUT2D eigenvalue weighted by Crippen LogP contribution is 2.39. The van der Waals surface area contributed by atoms with Gasteiger partial charge in [-0.15, -0.1) is 0 Å². The molecule has 25 heavy (non-hydrogen) atoms. The second kappa shape index (κ2) is 5.47. The van der Waals surface area contributed by atoms with E-state index in [4.69, 9.17) is 4.74 Å². The van der Waals surface area contributed by atoms with Crippen LogP contribution in [-0.4, -0.2) is 52.6 Å². The minimum absolute atomic E-state index is 0.217. The average Bonchev–Trinajstić information content (AvgIpc) is 3.10. The Labute approximate surface area is 143 Å². The number of esters is 1. The first-order valence-electron chi connectivity index (χ1n) is 7.82. The Kier molecular flexibility index (Phi) is 3.38. The van der Waals surface area contributed by atoms with Crippen LogP contribution in [0.1, 0.15) is 24.2 Å². The molecule has 0 saturated carbocycles. The number of aliphatic imine (C=N–C) groups is 1. The van der Waals surface area contributed by atoms with Crippen LogP contribution in [0.4, 0.5) is 5.82 Å². The lowest BCUT2D eigenvalue weighted by atomic mass is 9.92. The molecule has 0 aromatic carbocycles. The SMILES string of the molecule is COC(=O)C1CN2N=CN=C(C3C(=O)Nc4nc(C)ncc43)C2=C1C. The number of nitrogens with one attached hydrogen (secondary N) is 1. The Morgan fingerprint density at radius 1 is 1.40 bits per heavy atom. The Hall–Kier alpha value is -3.10. The van der Waals surface area contributed by atoms with Gasteiger partial charge in [-0.1, -0.05) is 0 Å². The van der Waals surface area contributed by atoms with E-state index >= 15 is 0 Å². The van der Waals surface area contributed by atoms with Crippen molar-refractivity contribution in [1.29, 1.82) is 0 Å². The monoisotopic (exact) mass is 340 g/mol. The summed E-state index contributed by atoms with van der Waals surface area (Å²) in [7, 11) is 1.36. The molecule has 4 rings (SSSR count). The van der Waals surface area contributed by atoms with Crippen LogP contribution in [0.2, 0.25) is 0 Å². The van der Waals surface area contributed by atoms with Crippen molar-refractivity contribution >= 4 is 29.7 Å². The summed E-state index contributed by atoms with van der Waals surface area (Å²) < 4.78 is 4.87. The molecule has 128 valence electrons. The van der Waals surface area contributed by atoms with Crippen molar-refractivity contribution in [3.8, 4) is 0 Å². The fourth-order valence-corrected chi connectivity index (χ4v) is 3.42. The highest BCUT2D eigenvalue weighted by atomic mass is 16.5. The van der Waals surface area contributed by atoms with Crippen molar-refractivity contribution in [2.75, 3.05) is 19.0 Å².